The van der Waals surface area contributed by atoms with Gasteiger partial charge in [0.1, 0.15) is 5.78 Å². The smallest absolute Gasteiger partial charge is 0.144 e. The van der Waals surface area contributed by atoms with Crippen LogP contribution in [-0.4, -0.2) is 18.5 Å². The van der Waals surface area contributed by atoms with Crippen molar-refractivity contribution in [2.75, 3.05) is 6.61 Å². The molecule has 1 fully saturated rings. The molecule has 0 bridgehead atoms. The Balaban J connectivity index is 2.63. The van der Waals surface area contributed by atoms with Gasteiger partial charge in [0.05, 0.1) is 11.5 Å². The van der Waals surface area contributed by atoms with Crippen LogP contribution in [0.1, 0.15) is 40.0 Å². The van der Waals surface area contributed by atoms with E-state index in [0.717, 1.165) is 19.4 Å². The van der Waals surface area contributed by atoms with E-state index in [2.05, 4.69) is 13.8 Å². The lowest BCUT2D eigenvalue weighted by atomic mass is 9.61. The number of carbonyl (C=O) groups is 1. The summed E-state index contributed by atoms with van der Waals surface area (Å²) in [5, 5.41) is 0. The Morgan fingerprint density at radius 2 is 2.00 bits per heavy atom. The zero-order valence-electron chi connectivity index (χ0n) is 8.22. The molecule has 1 unspecified atom stereocenters. The number of Topliss-reactive ketones (excluding diaryl/α,β-unsaturated/α-hetero) is 1. The van der Waals surface area contributed by atoms with E-state index in [-0.39, 0.29) is 11.5 Å². The summed E-state index contributed by atoms with van der Waals surface area (Å²) in [6, 6.07) is 0. The van der Waals surface area contributed by atoms with Crippen LogP contribution in [-0.2, 0) is 9.53 Å². The summed E-state index contributed by atoms with van der Waals surface area (Å²) in [4.78, 5) is 11.4. The van der Waals surface area contributed by atoms with Gasteiger partial charge in [0.25, 0.3) is 0 Å². The van der Waals surface area contributed by atoms with Gasteiger partial charge in [0.15, 0.2) is 0 Å². The summed E-state index contributed by atoms with van der Waals surface area (Å²) in [5.41, 5.74) is -0.129. The van der Waals surface area contributed by atoms with E-state index in [4.69, 9.17) is 4.74 Å². The molecule has 70 valence electrons. The number of hydrogen-bond donors (Lipinski definition) is 0. The lowest BCUT2D eigenvalue weighted by molar-refractivity contribution is -0.164. The minimum atomic E-state index is -0.129. The maximum atomic E-state index is 11.4. The fourth-order valence-electron chi connectivity index (χ4n) is 2.13. The zero-order valence-corrected chi connectivity index (χ0v) is 8.22. The Morgan fingerprint density at radius 1 is 1.42 bits per heavy atom. The van der Waals surface area contributed by atoms with Crippen LogP contribution in [0.2, 0.25) is 0 Å². The molecule has 2 nitrogen and oxygen atoms in total. The number of ether oxygens (including phenoxy) is 1. The first-order chi connectivity index (χ1) is 5.71. The molecular formula is C10H18O2. The molecule has 0 aliphatic heterocycles. The molecule has 0 N–H and O–H groups in total. The Morgan fingerprint density at radius 3 is 2.33 bits per heavy atom. The van der Waals surface area contributed by atoms with Gasteiger partial charge in [0.2, 0.25) is 0 Å². The Hall–Kier alpha value is -0.370. The van der Waals surface area contributed by atoms with Gasteiger partial charge in [-0.3, -0.25) is 4.79 Å². The molecule has 12 heavy (non-hydrogen) atoms. The van der Waals surface area contributed by atoms with E-state index in [9.17, 15) is 4.79 Å². The predicted molar refractivity (Wildman–Crippen MR) is 48.1 cm³/mol. The van der Waals surface area contributed by atoms with E-state index in [1.54, 1.807) is 0 Å². The van der Waals surface area contributed by atoms with Crippen LogP contribution in [0, 0.1) is 5.41 Å². The molecule has 1 rings (SSSR count). The molecule has 0 spiro atoms. The van der Waals surface area contributed by atoms with Crippen LogP contribution >= 0.6 is 0 Å². The minimum absolute atomic E-state index is 0.129. The highest BCUT2D eigenvalue weighted by Gasteiger charge is 2.52. The summed E-state index contributed by atoms with van der Waals surface area (Å²) in [6.07, 6.45) is 2.68. The maximum absolute atomic E-state index is 11.4. The van der Waals surface area contributed by atoms with E-state index in [1.165, 1.54) is 0 Å². The van der Waals surface area contributed by atoms with Gasteiger partial charge in [0, 0.05) is 13.0 Å². The van der Waals surface area contributed by atoms with Crippen LogP contribution in [0.25, 0.3) is 0 Å². The first-order valence-electron chi connectivity index (χ1n) is 4.86. The van der Waals surface area contributed by atoms with Crippen molar-refractivity contribution in [1.29, 1.82) is 0 Å². The van der Waals surface area contributed by atoms with E-state index < -0.39 is 0 Å². The SMILES string of the molecule is CCOC1CC(=O)C1(CC)CC. The van der Waals surface area contributed by atoms with Gasteiger partial charge < -0.3 is 4.74 Å². The summed E-state index contributed by atoms with van der Waals surface area (Å²) < 4.78 is 5.53. The van der Waals surface area contributed by atoms with Crippen LogP contribution in [0.4, 0.5) is 0 Å². The van der Waals surface area contributed by atoms with Crippen molar-refractivity contribution in [2.45, 2.75) is 46.1 Å². The second kappa shape index (κ2) is 3.56. The molecule has 0 aromatic heterocycles. The normalized spacial score (nSPS) is 26.9. The highest BCUT2D eigenvalue weighted by Crippen LogP contribution is 2.45. The quantitative estimate of drug-likeness (QED) is 0.646. The van der Waals surface area contributed by atoms with Crippen LogP contribution in [0.3, 0.4) is 0 Å². The topological polar surface area (TPSA) is 26.3 Å². The molecule has 0 amide bonds. The van der Waals surface area contributed by atoms with Gasteiger partial charge in [-0.1, -0.05) is 13.8 Å². The van der Waals surface area contributed by atoms with E-state index in [1.807, 2.05) is 6.92 Å². The lowest BCUT2D eigenvalue weighted by Crippen LogP contribution is -2.54. The van der Waals surface area contributed by atoms with Gasteiger partial charge in [-0.25, -0.2) is 0 Å². The Kier molecular flexibility index (Phi) is 2.89. The van der Waals surface area contributed by atoms with Crippen molar-refractivity contribution in [3.63, 3.8) is 0 Å². The molecule has 1 aliphatic rings. The van der Waals surface area contributed by atoms with Gasteiger partial charge in [-0.05, 0) is 19.8 Å². The lowest BCUT2D eigenvalue weighted by Gasteiger charge is -2.46. The van der Waals surface area contributed by atoms with E-state index >= 15 is 0 Å². The van der Waals surface area contributed by atoms with Crippen LogP contribution in [0.5, 0.6) is 0 Å². The molecule has 1 aliphatic carbocycles. The molecular weight excluding hydrogens is 152 g/mol. The third kappa shape index (κ3) is 1.18. The van der Waals surface area contributed by atoms with Crippen molar-refractivity contribution in [2.24, 2.45) is 5.41 Å². The molecule has 1 atom stereocenters. The standard InChI is InChI=1S/C10H18O2/c1-4-10(5-2)8(11)7-9(10)12-6-3/h9H,4-7H2,1-3H3. The maximum Gasteiger partial charge on any atom is 0.144 e. The van der Waals surface area contributed by atoms with Crippen LogP contribution in [0.15, 0.2) is 0 Å². The average molecular weight is 170 g/mol. The van der Waals surface area contributed by atoms with Crippen molar-refractivity contribution < 1.29 is 9.53 Å². The third-order valence-corrected chi connectivity index (χ3v) is 3.17. The number of hydrogen-bond acceptors (Lipinski definition) is 2. The molecule has 1 saturated carbocycles. The highest BCUT2D eigenvalue weighted by atomic mass is 16.5. The Labute approximate surface area is 74.3 Å². The summed E-state index contributed by atoms with van der Waals surface area (Å²) in [5.74, 6) is 0.394. The molecule has 0 aromatic rings. The summed E-state index contributed by atoms with van der Waals surface area (Å²) >= 11 is 0. The van der Waals surface area contributed by atoms with Crippen molar-refractivity contribution >= 4 is 5.78 Å². The number of ketones is 1. The van der Waals surface area contributed by atoms with Crippen molar-refractivity contribution in [3.8, 4) is 0 Å². The zero-order chi connectivity index (χ0) is 9.19. The molecule has 0 saturated heterocycles. The second-order valence-electron chi connectivity index (χ2n) is 3.43. The van der Waals surface area contributed by atoms with Gasteiger partial charge in [-0.2, -0.15) is 0 Å². The summed E-state index contributed by atoms with van der Waals surface area (Å²) in [6.45, 7) is 6.86. The fraction of sp³-hybridized carbons (Fsp3) is 0.900. The minimum Gasteiger partial charge on any atom is -0.377 e. The van der Waals surface area contributed by atoms with E-state index in [0.29, 0.717) is 12.2 Å². The van der Waals surface area contributed by atoms with Gasteiger partial charge >= 0.3 is 0 Å². The first-order valence-corrected chi connectivity index (χ1v) is 4.86. The first kappa shape index (κ1) is 9.72. The number of rotatable bonds is 4. The largest absolute Gasteiger partial charge is 0.377 e. The fourth-order valence-corrected chi connectivity index (χ4v) is 2.13. The second-order valence-corrected chi connectivity index (χ2v) is 3.43. The van der Waals surface area contributed by atoms with Gasteiger partial charge in [-0.15, -0.1) is 0 Å². The monoisotopic (exact) mass is 170 g/mol. The average Bonchev–Trinajstić information content (AvgIpc) is 2.07. The highest BCUT2D eigenvalue weighted by molar-refractivity contribution is 5.92. The third-order valence-electron chi connectivity index (χ3n) is 3.17. The molecule has 0 aromatic carbocycles. The van der Waals surface area contributed by atoms with Crippen molar-refractivity contribution in [3.05, 3.63) is 0 Å². The number of carbonyl (C=O) groups excluding carboxylic acids is 1. The van der Waals surface area contributed by atoms with Crippen molar-refractivity contribution in [1.82, 2.24) is 0 Å². The molecule has 0 radical (unpaired) electrons. The summed E-state index contributed by atoms with van der Waals surface area (Å²) in [7, 11) is 0. The predicted octanol–water partition coefficient (Wildman–Crippen LogP) is 2.17. The Bertz CT molecular complexity index is 171. The van der Waals surface area contributed by atoms with Crippen LogP contribution < -0.4 is 0 Å². The molecule has 2 heteroatoms. The molecule has 0 heterocycles.